The van der Waals surface area contributed by atoms with E-state index in [1.54, 1.807) is 6.07 Å². The second kappa shape index (κ2) is 8.29. The van der Waals surface area contributed by atoms with Gasteiger partial charge in [0.15, 0.2) is 0 Å². The highest BCUT2D eigenvalue weighted by Crippen LogP contribution is 2.23. The molecule has 1 nitrogen and oxygen atoms in total. The smallest absolute Gasteiger partial charge is 0.263 e. The minimum atomic E-state index is -2.61. The molecule has 2 rings (SSSR count). The summed E-state index contributed by atoms with van der Waals surface area (Å²) in [6, 6.07) is 7.47. The Labute approximate surface area is 135 Å². The Kier molecular flexibility index (Phi) is 7.04. The van der Waals surface area contributed by atoms with Crippen molar-refractivity contribution in [3.05, 3.63) is 68.1 Å². The predicted octanol–water partition coefficient (Wildman–Crippen LogP) is 5.93. The molecule has 0 amide bonds. The van der Waals surface area contributed by atoms with Crippen LogP contribution in [0.3, 0.4) is 0 Å². The highest BCUT2D eigenvalue weighted by atomic mass is 79.9. The van der Waals surface area contributed by atoms with Gasteiger partial charge in [-0.1, -0.05) is 12.1 Å². The Bertz CT molecular complexity index is 632. The molecule has 112 valence electrons. The maximum Gasteiger partial charge on any atom is 0.263 e. The molecule has 0 aromatic heterocycles. The van der Waals surface area contributed by atoms with Crippen LogP contribution in [0.5, 0.6) is 0 Å². The monoisotopic (exact) mass is 426 g/mol. The van der Waals surface area contributed by atoms with E-state index < -0.39 is 18.1 Å². The average Bonchev–Trinajstić information content (AvgIpc) is 2.45. The molecule has 0 unspecified atom stereocenters. The van der Waals surface area contributed by atoms with Crippen LogP contribution >= 0.6 is 31.9 Å². The molecule has 0 saturated carbocycles. The molecule has 0 aliphatic carbocycles. The summed E-state index contributed by atoms with van der Waals surface area (Å²) in [7, 11) is 0. The second-order valence-electron chi connectivity index (χ2n) is 3.77. The van der Waals surface area contributed by atoms with Gasteiger partial charge in [0.25, 0.3) is 6.43 Å². The van der Waals surface area contributed by atoms with Crippen LogP contribution in [-0.2, 0) is 0 Å². The fraction of sp³-hybridized carbons (Fsp3) is 0.0714. The summed E-state index contributed by atoms with van der Waals surface area (Å²) in [5.74, 6) is -1.08. The van der Waals surface area contributed by atoms with Crippen molar-refractivity contribution in [1.29, 1.82) is 0 Å². The maximum absolute atomic E-state index is 12.6. The standard InChI is InChI=1S/C7H4BrF3.C7H4BrFO/c8-5-2-1-4(7(10)11)3-6(5)9;8-6-2-1-5(4-10)3-7(6)9/h1-3,7H;1-4H. The van der Waals surface area contributed by atoms with Gasteiger partial charge < -0.3 is 0 Å². The first-order valence-electron chi connectivity index (χ1n) is 5.48. The quantitative estimate of drug-likeness (QED) is 0.429. The first kappa shape index (κ1) is 17.8. The normalized spacial score (nSPS) is 10.0. The van der Waals surface area contributed by atoms with E-state index in [2.05, 4.69) is 31.9 Å². The van der Waals surface area contributed by atoms with Gasteiger partial charge in [0.05, 0.1) is 8.95 Å². The highest BCUT2D eigenvalue weighted by Gasteiger charge is 2.08. The van der Waals surface area contributed by atoms with Crippen LogP contribution in [0.1, 0.15) is 22.3 Å². The van der Waals surface area contributed by atoms with Gasteiger partial charge in [0.2, 0.25) is 0 Å². The summed E-state index contributed by atoms with van der Waals surface area (Å²) in [5, 5.41) is 0. The first-order valence-corrected chi connectivity index (χ1v) is 7.07. The summed E-state index contributed by atoms with van der Waals surface area (Å²) in [4.78, 5) is 10.1. The van der Waals surface area contributed by atoms with Crippen molar-refractivity contribution in [2.24, 2.45) is 0 Å². The van der Waals surface area contributed by atoms with Crippen molar-refractivity contribution in [1.82, 2.24) is 0 Å². The molecule has 0 aliphatic rings. The zero-order valence-electron chi connectivity index (χ0n) is 10.3. The molecular weight excluding hydrogens is 420 g/mol. The Hall–Kier alpha value is -1.21. The third-order valence-corrected chi connectivity index (χ3v) is 3.56. The number of hydrogen-bond donors (Lipinski definition) is 0. The van der Waals surface area contributed by atoms with Gasteiger partial charge in [-0.05, 0) is 56.1 Å². The molecule has 0 aliphatic heterocycles. The fourth-order valence-electron chi connectivity index (χ4n) is 1.23. The van der Waals surface area contributed by atoms with Gasteiger partial charge >= 0.3 is 0 Å². The van der Waals surface area contributed by atoms with E-state index in [0.717, 1.165) is 6.07 Å². The summed E-state index contributed by atoms with van der Waals surface area (Å²) >= 11 is 5.83. The molecule has 7 heteroatoms. The lowest BCUT2D eigenvalue weighted by molar-refractivity contribution is 0.112. The fourth-order valence-corrected chi connectivity index (χ4v) is 1.73. The van der Waals surface area contributed by atoms with Crippen LogP contribution in [0.25, 0.3) is 0 Å². The zero-order valence-corrected chi connectivity index (χ0v) is 13.5. The zero-order chi connectivity index (χ0) is 16.0. The lowest BCUT2D eigenvalue weighted by Gasteiger charge is -1.99. The molecular formula is C14H8Br2F4O. The van der Waals surface area contributed by atoms with E-state index in [1.807, 2.05) is 0 Å². The molecule has 0 radical (unpaired) electrons. The second-order valence-corrected chi connectivity index (χ2v) is 5.47. The predicted molar refractivity (Wildman–Crippen MR) is 78.5 cm³/mol. The molecule has 0 N–H and O–H groups in total. The van der Waals surface area contributed by atoms with E-state index in [0.29, 0.717) is 16.3 Å². The van der Waals surface area contributed by atoms with Gasteiger partial charge in [-0.15, -0.1) is 0 Å². The van der Waals surface area contributed by atoms with Gasteiger partial charge in [-0.2, -0.15) is 0 Å². The number of aldehydes is 1. The highest BCUT2D eigenvalue weighted by molar-refractivity contribution is 9.10. The minimum Gasteiger partial charge on any atom is -0.298 e. The van der Waals surface area contributed by atoms with Crippen molar-refractivity contribution in [2.75, 3.05) is 0 Å². The largest absolute Gasteiger partial charge is 0.298 e. The Morgan fingerprint density at radius 1 is 0.905 bits per heavy atom. The van der Waals surface area contributed by atoms with Crippen molar-refractivity contribution >= 4 is 38.1 Å². The number of hydrogen-bond acceptors (Lipinski definition) is 1. The number of halogens is 6. The van der Waals surface area contributed by atoms with E-state index in [4.69, 9.17) is 0 Å². The third kappa shape index (κ3) is 5.59. The van der Waals surface area contributed by atoms with Crippen LogP contribution in [0.4, 0.5) is 17.6 Å². The van der Waals surface area contributed by atoms with Gasteiger partial charge in [-0.25, -0.2) is 17.6 Å². The molecule has 0 heterocycles. The first-order chi connectivity index (χ1) is 9.85. The number of rotatable bonds is 2. The van der Waals surface area contributed by atoms with Crippen LogP contribution in [-0.4, -0.2) is 6.29 Å². The maximum atomic E-state index is 12.6. The number of alkyl halides is 2. The lowest BCUT2D eigenvalue weighted by Crippen LogP contribution is -1.85. The average molecular weight is 428 g/mol. The van der Waals surface area contributed by atoms with Gasteiger partial charge in [-0.3, -0.25) is 4.79 Å². The molecule has 0 fully saturated rings. The summed E-state index contributed by atoms with van der Waals surface area (Å²) in [6.07, 6.45) is -2.01. The van der Waals surface area contributed by atoms with Crippen molar-refractivity contribution in [3.63, 3.8) is 0 Å². The Morgan fingerprint density at radius 3 is 1.86 bits per heavy atom. The van der Waals surface area contributed by atoms with Crippen molar-refractivity contribution in [3.8, 4) is 0 Å². The molecule has 0 bridgehead atoms. The Balaban J connectivity index is 0.000000211. The van der Waals surface area contributed by atoms with Crippen LogP contribution < -0.4 is 0 Å². The topological polar surface area (TPSA) is 17.1 Å². The SMILES string of the molecule is Fc1cc(C(F)F)ccc1Br.O=Cc1ccc(Br)c(F)c1. The number of benzene rings is 2. The van der Waals surface area contributed by atoms with Crippen LogP contribution in [0, 0.1) is 11.6 Å². The molecule has 2 aromatic rings. The summed E-state index contributed by atoms with van der Waals surface area (Å²) < 4.78 is 49.5. The minimum absolute atomic E-state index is 0.196. The van der Waals surface area contributed by atoms with E-state index in [9.17, 15) is 22.4 Å². The molecule has 0 atom stereocenters. The van der Waals surface area contributed by atoms with Crippen LogP contribution in [0.15, 0.2) is 45.3 Å². The lowest BCUT2D eigenvalue weighted by atomic mass is 10.2. The van der Waals surface area contributed by atoms with Crippen molar-refractivity contribution < 1.29 is 22.4 Å². The van der Waals surface area contributed by atoms with E-state index in [-0.39, 0.29) is 10.0 Å². The van der Waals surface area contributed by atoms with Crippen molar-refractivity contribution in [2.45, 2.75) is 6.43 Å². The molecule has 0 spiro atoms. The number of carbonyl (C=O) groups is 1. The third-order valence-electron chi connectivity index (χ3n) is 2.28. The van der Waals surface area contributed by atoms with Crippen LogP contribution in [0.2, 0.25) is 0 Å². The molecule has 2 aromatic carbocycles. The van der Waals surface area contributed by atoms with E-state index in [1.165, 1.54) is 24.3 Å². The van der Waals surface area contributed by atoms with E-state index >= 15 is 0 Å². The van der Waals surface area contributed by atoms with Gasteiger partial charge in [0, 0.05) is 11.1 Å². The van der Waals surface area contributed by atoms with Gasteiger partial charge in [0.1, 0.15) is 17.9 Å². The Morgan fingerprint density at radius 2 is 1.43 bits per heavy atom. The summed E-state index contributed by atoms with van der Waals surface area (Å²) in [6.45, 7) is 0. The summed E-state index contributed by atoms with van der Waals surface area (Å²) in [5.41, 5.74) is 0.0476. The molecule has 0 saturated heterocycles. The number of carbonyl (C=O) groups excluding carboxylic acids is 1. The molecule has 21 heavy (non-hydrogen) atoms.